The van der Waals surface area contributed by atoms with Crippen LogP contribution in [0.15, 0.2) is 70.8 Å². The van der Waals surface area contributed by atoms with Gasteiger partial charge in [0.1, 0.15) is 5.76 Å². The van der Waals surface area contributed by atoms with Gasteiger partial charge in [0.2, 0.25) is 0 Å². The van der Waals surface area contributed by atoms with Gasteiger partial charge in [-0.1, -0.05) is 19.1 Å². The summed E-state index contributed by atoms with van der Waals surface area (Å²) in [5, 5.41) is 6.35. The molecule has 0 bridgehead atoms. The van der Waals surface area contributed by atoms with Crippen LogP contribution in [0.1, 0.15) is 41.1 Å². The maximum absolute atomic E-state index is 12.5. The Labute approximate surface area is 211 Å². The van der Waals surface area contributed by atoms with Crippen LogP contribution in [0.25, 0.3) is 0 Å². The highest BCUT2D eigenvalue weighted by molar-refractivity contribution is 14.0. The van der Waals surface area contributed by atoms with Crippen molar-refractivity contribution < 1.29 is 9.21 Å². The molecule has 1 amide bonds. The lowest BCUT2D eigenvalue weighted by Crippen LogP contribution is -2.48. The molecule has 2 unspecified atom stereocenters. The Balaban J connectivity index is 0.00000306. The van der Waals surface area contributed by atoms with E-state index in [0.29, 0.717) is 30.6 Å². The number of hydrogen-bond donors (Lipinski definition) is 2. The fourth-order valence-electron chi connectivity index (χ4n) is 4.11. The van der Waals surface area contributed by atoms with Crippen molar-refractivity contribution in [2.24, 2.45) is 10.9 Å². The number of likely N-dealkylation sites (tertiary alicyclic amines) is 1. The first-order valence-corrected chi connectivity index (χ1v) is 11.0. The van der Waals surface area contributed by atoms with Gasteiger partial charge in [0, 0.05) is 44.6 Å². The van der Waals surface area contributed by atoms with E-state index in [1.165, 1.54) is 0 Å². The van der Waals surface area contributed by atoms with Crippen molar-refractivity contribution in [1.29, 1.82) is 0 Å². The van der Waals surface area contributed by atoms with Crippen LogP contribution >= 0.6 is 24.0 Å². The van der Waals surface area contributed by atoms with E-state index < -0.39 is 0 Å². The third kappa shape index (κ3) is 6.37. The van der Waals surface area contributed by atoms with Crippen molar-refractivity contribution in [2.75, 3.05) is 20.1 Å². The van der Waals surface area contributed by atoms with Gasteiger partial charge in [-0.05, 0) is 42.2 Å². The van der Waals surface area contributed by atoms with Gasteiger partial charge in [0.25, 0.3) is 5.91 Å². The second-order valence-corrected chi connectivity index (χ2v) is 8.15. The third-order valence-electron chi connectivity index (χ3n) is 5.98. The van der Waals surface area contributed by atoms with Crippen molar-refractivity contribution in [1.82, 2.24) is 25.1 Å². The fourth-order valence-corrected chi connectivity index (χ4v) is 4.11. The van der Waals surface area contributed by atoms with Gasteiger partial charge >= 0.3 is 0 Å². The van der Waals surface area contributed by atoms with Crippen LogP contribution in [0, 0.1) is 5.92 Å². The number of guanidine groups is 1. The molecule has 2 aromatic heterocycles. The summed E-state index contributed by atoms with van der Waals surface area (Å²) in [6.45, 7) is 5.09. The van der Waals surface area contributed by atoms with Crippen molar-refractivity contribution >= 4 is 35.8 Å². The zero-order valence-corrected chi connectivity index (χ0v) is 21.3. The molecule has 1 aliphatic heterocycles. The number of nitrogens with zero attached hydrogens (tertiary/aromatic N) is 4. The lowest BCUT2D eigenvalue weighted by atomic mass is 9.93. The van der Waals surface area contributed by atoms with Gasteiger partial charge in [-0.15, -0.1) is 24.0 Å². The first kappa shape index (κ1) is 24.8. The molecule has 0 radical (unpaired) electrons. The lowest BCUT2D eigenvalue weighted by molar-refractivity contribution is 0.0948. The van der Waals surface area contributed by atoms with Gasteiger partial charge in [0.05, 0.1) is 25.2 Å². The molecule has 0 spiro atoms. The Kier molecular flexibility index (Phi) is 8.93. The molecule has 33 heavy (non-hydrogen) atoms. The summed E-state index contributed by atoms with van der Waals surface area (Å²) in [6, 6.07) is 11.6. The SMILES string of the molecule is CN=C(NCc1cccc(C(=O)NCc2ccco2)c1)N1CCC(C)C(n2ccnc2)C1.I. The number of rotatable bonds is 6. The number of furan rings is 1. The fraction of sp³-hybridized carbons (Fsp3) is 0.375. The molecule has 0 saturated carbocycles. The first-order valence-electron chi connectivity index (χ1n) is 11.0. The number of piperidine rings is 1. The zero-order chi connectivity index (χ0) is 22.3. The summed E-state index contributed by atoms with van der Waals surface area (Å²) in [4.78, 5) is 23.5. The zero-order valence-electron chi connectivity index (χ0n) is 19.0. The van der Waals surface area contributed by atoms with E-state index in [-0.39, 0.29) is 29.9 Å². The third-order valence-corrected chi connectivity index (χ3v) is 5.98. The number of nitrogens with one attached hydrogen (secondary N) is 2. The van der Waals surface area contributed by atoms with Crippen molar-refractivity contribution in [3.05, 3.63) is 78.3 Å². The first-order chi connectivity index (χ1) is 15.6. The minimum absolute atomic E-state index is 0. The summed E-state index contributed by atoms with van der Waals surface area (Å²) >= 11 is 0. The summed E-state index contributed by atoms with van der Waals surface area (Å²) in [5.41, 5.74) is 1.64. The predicted octanol–water partition coefficient (Wildman–Crippen LogP) is 3.68. The largest absolute Gasteiger partial charge is 0.467 e. The van der Waals surface area contributed by atoms with E-state index in [1.54, 1.807) is 12.3 Å². The molecule has 4 rings (SSSR count). The molecule has 0 aliphatic carbocycles. The Morgan fingerprint density at radius 1 is 1.24 bits per heavy atom. The van der Waals surface area contributed by atoms with E-state index in [4.69, 9.17) is 4.42 Å². The minimum Gasteiger partial charge on any atom is -0.467 e. The highest BCUT2D eigenvalue weighted by atomic mass is 127. The van der Waals surface area contributed by atoms with Gasteiger partial charge in [-0.2, -0.15) is 0 Å². The average Bonchev–Trinajstić information content (AvgIpc) is 3.53. The molecule has 3 heterocycles. The number of hydrogen-bond acceptors (Lipinski definition) is 4. The average molecular weight is 562 g/mol. The van der Waals surface area contributed by atoms with Crippen molar-refractivity contribution in [3.63, 3.8) is 0 Å². The maximum Gasteiger partial charge on any atom is 0.251 e. The van der Waals surface area contributed by atoms with Crippen molar-refractivity contribution in [3.8, 4) is 0 Å². The second-order valence-electron chi connectivity index (χ2n) is 8.15. The molecule has 8 nitrogen and oxygen atoms in total. The minimum atomic E-state index is -0.124. The van der Waals surface area contributed by atoms with Gasteiger partial charge in [-0.25, -0.2) is 4.98 Å². The summed E-state index contributed by atoms with van der Waals surface area (Å²) in [7, 11) is 1.81. The number of benzene rings is 1. The topological polar surface area (TPSA) is 87.7 Å². The molecule has 1 aromatic carbocycles. The summed E-state index contributed by atoms with van der Waals surface area (Å²) in [6.07, 6.45) is 8.44. The normalized spacial score (nSPS) is 18.5. The number of halogens is 1. The van der Waals surface area contributed by atoms with Crippen LogP contribution in [0.2, 0.25) is 0 Å². The molecule has 9 heteroatoms. The molecular formula is C24H31IN6O2. The molecule has 176 valence electrons. The van der Waals surface area contributed by atoms with E-state index >= 15 is 0 Å². The van der Waals surface area contributed by atoms with Crippen LogP contribution in [-0.2, 0) is 13.1 Å². The van der Waals surface area contributed by atoms with Gasteiger partial charge in [0.15, 0.2) is 5.96 Å². The van der Waals surface area contributed by atoms with Crippen LogP contribution in [0.5, 0.6) is 0 Å². The molecular weight excluding hydrogens is 531 g/mol. The highest BCUT2D eigenvalue weighted by Gasteiger charge is 2.28. The monoisotopic (exact) mass is 562 g/mol. The number of amides is 1. The van der Waals surface area contributed by atoms with Crippen LogP contribution in [0.4, 0.5) is 0 Å². The quantitative estimate of drug-likeness (QED) is 0.272. The number of aromatic nitrogens is 2. The molecule has 1 saturated heterocycles. The second kappa shape index (κ2) is 11.9. The Bertz CT molecular complexity index is 1040. The highest BCUT2D eigenvalue weighted by Crippen LogP contribution is 2.27. The van der Waals surface area contributed by atoms with E-state index in [0.717, 1.165) is 36.8 Å². The molecule has 2 atom stereocenters. The van der Waals surface area contributed by atoms with E-state index in [1.807, 2.05) is 56.1 Å². The maximum atomic E-state index is 12.5. The van der Waals surface area contributed by atoms with Crippen molar-refractivity contribution in [2.45, 2.75) is 32.5 Å². The standard InChI is InChI=1S/C24H30N6O2.HI/c1-18-8-10-29(16-22(18)30-11-9-26-17-30)24(25-2)28-14-19-5-3-6-20(13-19)23(31)27-15-21-7-4-12-32-21;/h3-7,9,11-13,17-18,22H,8,10,14-16H2,1-2H3,(H,25,28)(H,27,31);1H. The smallest absolute Gasteiger partial charge is 0.251 e. The van der Waals surface area contributed by atoms with Gasteiger partial charge in [-0.3, -0.25) is 9.79 Å². The molecule has 3 aromatic rings. The van der Waals surface area contributed by atoms with E-state index in [9.17, 15) is 4.79 Å². The lowest BCUT2D eigenvalue weighted by Gasteiger charge is -2.39. The number of imidazole rings is 1. The predicted molar refractivity (Wildman–Crippen MR) is 139 cm³/mol. The number of carbonyl (C=O) groups is 1. The van der Waals surface area contributed by atoms with Crippen LogP contribution < -0.4 is 10.6 Å². The van der Waals surface area contributed by atoms with Crippen LogP contribution in [0.3, 0.4) is 0 Å². The van der Waals surface area contributed by atoms with E-state index in [2.05, 4.69) is 37.0 Å². The summed E-state index contributed by atoms with van der Waals surface area (Å²) in [5.74, 6) is 2.05. The Hall–Kier alpha value is -2.82. The number of carbonyl (C=O) groups excluding carboxylic acids is 1. The number of aliphatic imine (C=N–C) groups is 1. The molecule has 1 aliphatic rings. The summed E-state index contributed by atoms with van der Waals surface area (Å²) < 4.78 is 7.46. The Morgan fingerprint density at radius 3 is 2.85 bits per heavy atom. The molecule has 2 N–H and O–H groups in total. The Morgan fingerprint density at radius 2 is 2.12 bits per heavy atom. The molecule has 1 fully saturated rings. The van der Waals surface area contributed by atoms with Crippen LogP contribution in [-0.4, -0.2) is 46.5 Å². The van der Waals surface area contributed by atoms with Gasteiger partial charge < -0.3 is 24.5 Å².